The van der Waals surface area contributed by atoms with Crippen LogP contribution < -0.4 is 5.32 Å². The summed E-state index contributed by atoms with van der Waals surface area (Å²) in [6, 6.07) is 0.757. The zero-order valence-corrected chi connectivity index (χ0v) is 10.2. The maximum absolute atomic E-state index is 3.71. The Morgan fingerprint density at radius 1 is 1.21 bits per heavy atom. The van der Waals surface area contributed by atoms with E-state index in [1.807, 2.05) is 0 Å². The van der Waals surface area contributed by atoms with Gasteiger partial charge in [-0.05, 0) is 44.1 Å². The first-order chi connectivity index (χ1) is 6.76. The van der Waals surface area contributed by atoms with Crippen LogP contribution >= 0.6 is 0 Å². The molecule has 0 amide bonds. The Bertz CT molecular complexity index is 140. The van der Waals surface area contributed by atoms with Crippen LogP contribution in [0.3, 0.4) is 0 Å². The molecule has 0 saturated heterocycles. The highest BCUT2D eigenvalue weighted by Gasteiger charge is 2.18. The van der Waals surface area contributed by atoms with Crippen molar-refractivity contribution in [3.63, 3.8) is 0 Å². The predicted molar refractivity (Wildman–Crippen MR) is 63.5 cm³/mol. The van der Waals surface area contributed by atoms with Crippen molar-refractivity contribution < 1.29 is 0 Å². The Morgan fingerprint density at radius 2 is 1.93 bits per heavy atom. The molecule has 0 aromatic carbocycles. The van der Waals surface area contributed by atoms with Gasteiger partial charge in [-0.15, -0.1) is 0 Å². The van der Waals surface area contributed by atoms with Crippen LogP contribution in [0.25, 0.3) is 0 Å². The molecule has 14 heavy (non-hydrogen) atoms. The molecular weight excluding hydrogens is 170 g/mol. The summed E-state index contributed by atoms with van der Waals surface area (Å²) in [7, 11) is 0. The molecule has 1 nitrogen and oxygen atoms in total. The lowest BCUT2D eigenvalue weighted by atomic mass is 9.82. The van der Waals surface area contributed by atoms with Gasteiger partial charge in [0.2, 0.25) is 0 Å². The number of nitrogens with one attached hydrogen (secondary N) is 1. The number of rotatable bonds is 5. The van der Waals surface area contributed by atoms with Crippen molar-refractivity contribution in [1.82, 2.24) is 5.32 Å². The van der Waals surface area contributed by atoms with Crippen LogP contribution in [0.4, 0.5) is 0 Å². The summed E-state index contributed by atoms with van der Waals surface area (Å²) in [4.78, 5) is 0. The molecule has 84 valence electrons. The summed E-state index contributed by atoms with van der Waals surface area (Å²) in [5, 5.41) is 3.71. The maximum atomic E-state index is 3.71. The fraction of sp³-hybridized carbons (Fsp3) is 1.00. The molecule has 1 saturated carbocycles. The molecule has 1 aliphatic carbocycles. The van der Waals surface area contributed by atoms with Gasteiger partial charge in [0.25, 0.3) is 0 Å². The summed E-state index contributed by atoms with van der Waals surface area (Å²) >= 11 is 0. The summed E-state index contributed by atoms with van der Waals surface area (Å²) in [6.07, 6.45) is 8.38. The van der Waals surface area contributed by atoms with Gasteiger partial charge in [-0.3, -0.25) is 0 Å². The molecule has 0 aromatic rings. The van der Waals surface area contributed by atoms with Crippen LogP contribution in [-0.2, 0) is 0 Å². The first kappa shape index (κ1) is 12.0. The van der Waals surface area contributed by atoms with Crippen molar-refractivity contribution in [2.24, 2.45) is 11.8 Å². The van der Waals surface area contributed by atoms with E-state index in [1.54, 1.807) is 0 Å². The van der Waals surface area contributed by atoms with E-state index < -0.39 is 0 Å². The number of hydrogen-bond donors (Lipinski definition) is 1. The van der Waals surface area contributed by atoms with E-state index in [-0.39, 0.29) is 0 Å². The van der Waals surface area contributed by atoms with E-state index in [1.165, 1.54) is 45.1 Å². The third kappa shape index (κ3) is 4.00. The van der Waals surface area contributed by atoms with E-state index in [2.05, 4.69) is 26.1 Å². The molecular formula is C13H27N. The zero-order chi connectivity index (χ0) is 10.4. The first-order valence-corrected chi connectivity index (χ1v) is 6.49. The Kier molecular flexibility index (Phi) is 5.54. The highest BCUT2D eigenvalue weighted by atomic mass is 14.9. The fourth-order valence-electron chi connectivity index (χ4n) is 2.66. The molecule has 2 atom stereocenters. The molecule has 0 radical (unpaired) electrons. The average Bonchev–Trinajstić information content (AvgIpc) is 2.19. The molecule has 2 unspecified atom stereocenters. The quantitative estimate of drug-likeness (QED) is 0.710. The van der Waals surface area contributed by atoms with Crippen molar-refractivity contribution >= 4 is 0 Å². The minimum atomic E-state index is 0.757. The predicted octanol–water partition coefficient (Wildman–Crippen LogP) is 3.59. The number of hydrogen-bond acceptors (Lipinski definition) is 1. The molecule has 1 N–H and O–H groups in total. The van der Waals surface area contributed by atoms with Crippen molar-refractivity contribution in [2.45, 2.75) is 65.3 Å². The normalized spacial score (nSPS) is 28.3. The van der Waals surface area contributed by atoms with E-state index in [0.717, 1.165) is 17.9 Å². The van der Waals surface area contributed by atoms with Crippen molar-refractivity contribution in [1.29, 1.82) is 0 Å². The fourth-order valence-corrected chi connectivity index (χ4v) is 2.66. The van der Waals surface area contributed by atoms with E-state index in [0.29, 0.717) is 0 Å². The maximum Gasteiger partial charge on any atom is 0.00619 e. The Labute approximate surface area is 89.7 Å². The molecule has 0 bridgehead atoms. The first-order valence-electron chi connectivity index (χ1n) is 6.49. The Morgan fingerprint density at radius 3 is 2.50 bits per heavy atom. The van der Waals surface area contributed by atoms with Crippen LogP contribution in [0.1, 0.15) is 59.3 Å². The second-order valence-electron chi connectivity index (χ2n) is 5.06. The van der Waals surface area contributed by atoms with E-state index in [9.17, 15) is 0 Å². The topological polar surface area (TPSA) is 12.0 Å². The minimum absolute atomic E-state index is 0.757. The van der Waals surface area contributed by atoms with Gasteiger partial charge in [0.15, 0.2) is 0 Å². The van der Waals surface area contributed by atoms with Gasteiger partial charge in [-0.2, -0.15) is 0 Å². The molecule has 0 spiro atoms. The smallest absolute Gasteiger partial charge is 0.00619 e. The van der Waals surface area contributed by atoms with Gasteiger partial charge in [-0.1, -0.05) is 33.6 Å². The molecule has 1 heteroatoms. The van der Waals surface area contributed by atoms with Crippen molar-refractivity contribution in [3.8, 4) is 0 Å². The largest absolute Gasteiger partial charge is 0.314 e. The second-order valence-corrected chi connectivity index (χ2v) is 5.06. The minimum Gasteiger partial charge on any atom is -0.314 e. The molecule has 0 heterocycles. The zero-order valence-electron chi connectivity index (χ0n) is 10.2. The summed E-state index contributed by atoms with van der Waals surface area (Å²) < 4.78 is 0. The molecule has 1 aliphatic rings. The van der Waals surface area contributed by atoms with Gasteiger partial charge in [0.1, 0.15) is 0 Å². The average molecular weight is 197 g/mol. The van der Waals surface area contributed by atoms with Crippen molar-refractivity contribution in [3.05, 3.63) is 0 Å². The molecule has 0 aromatic heterocycles. The van der Waals surface area contributed by atoms with Crippen molar-refractivity contribution in [2.75, 3.05) is 6.54 Å². The third-order valence-electron chi connectivity index (χ3n) is 3.73. The van der Waals surface area contributed by atoms with Gasteiger partial charge in [0.05, 0.1) is 0 Å². The van der Waals surface area contributed by atoms with Gasteiger partial charge >= 0.3 is 0 Å². The van der Waals surface area contributed by atoms with Crippen LogP contribution in [0.5, 0.6) is 0 Å². The highest BCUT2D eigenvalue weighted by Crippen LogP contribution is 2.28. The van der Waals surface area contributed by atoms with Gasteiger partial charge in [0, 0.05) is 6.04 Å². The second kappa shape index (κ2) is 6.44. The lowest BCUT2D eigenvalue weighted by molar-refractivity contribution is 0.264. The summed E-state index contributed by atoms with van der Waals surface area (Å²) in [5.41, 5.74) is 0. The summed E-state index contributed by atoms with van der Waals surface area (Å²) in [6.45, 7) is 8.23. The van der Waals surface area contributed by atoms with Gasteiger partial charge in [-0.25, -0.2) is 0 Å². The molecule has 0 aliphatic heterocycles. The van der Waals surface area contributed by atoms with E-state index in [4.69, 9.17) is 0 Å². The summed E-state index contributed by atoms with van der Waals surface area (Å²) in [5.74, 6) is 1.93. The monoisotopic (exact) mass is 197 g/mol. The molecule has 1 rings (SSSR count). The SMILES string of the molecule is CCC(CC)NCC1CCCC(C)C1. The van der Waals surface area contributed by atoms with Crippen LogP contribution in [0.15, 0.2) is 0 Å². The lowest BCUT2D eigenvalue weighted by Gasteiger charge is -2.28. The lowest BCUT2D eigenvalue weighted by Crippen LogP contribution is -2.34. The van der Waals surface area contributed by atoms with E-state index >= 15 is 0 Å². The van der Waals surface area contributed by atoms with Crippen LogP contribution in [0.2, 0.25) is 0 Å². The standard InChI is InChI=1S/C13H27N/c1-4-13(5-2)14-10-12-8-6-7-11(3)9-12/h11-14H,4-10H2,1-3H3. The highest BCUT2D eigenvalue weighted by molar-refractivity contribution is 4.74. The van der Waals surface area contributed by atoms with Crippen LogP contribution in [0, 0.1) is 11.8 Å². The Hall–Kier alpha value is -0.0400. The third-order valence-corrected chi connectivity index (χ3v) is 3.73. The van der Waals surface area contributed by atoms with Gasteiger partial charge < -0.3 is 5.32 Å². The van der Waals surface area contributed by atoms with Crippen LogP contribution in [-0.4, -0.2) is 12.6 Å². The molecule has 1 fully saturated rings. The Balaban J connectivity index is 2.16.